The third kappa shape index (κ3) is 33.6. The summed E-state index contributed by atoms with van der Waals surface area (Å²) in [6.07, 6.45) is 27.2. The summed E-state index contributed by atoms with van der Waals surface area (Å²) in [4.78, 5) is 61.0. The van der Waals surface area contributed by atoms with Crippen LogP contribution in [0.5, 0.6) is 0 Å². The van der Waals surface area contributed by atoms with E-state index < -0.39 is 0 Å². The average molecular weight is 1700 g/mol. The van der Waals surface area contributed by atoms with Crippen molar-refractivity contribution in [1.29, 1.82) is 0 Å². The van der Waals surface area contributed by atoms with Crippen molar-refractivity contribution in [3.05, 3.63) is 381 Å². The van der Waals surface area contributed by atoms with Gasteiger partial charge in [0.2, 0.25) is 0 Å². The molecule has 0 aliphatic carbocycles. The monoisotopic (exact) mass is 1690 g/mol. The van der Waals surface area contributed by atoms with Crippen LogP contribution in [0.4, 0.5) is 0 Å². The summed E-state index contributed by atoms with van der Waals surface area (Å²) in [7, 11) is 0. The Hall–Kier alpha value is -12.5. The normalized spacial score (nSPS) is 10.6. The molecule has 14 nitrogen and oxygen atoms in total. The molecule has 0 spiro atoms. The molecule has 0 fully saturated rings. The standard InChI is InChI=1S/4C14H16N2.C14H15N.2C13H14N2.C7H10S.C6H9NS/c1-10(2)12-4-6-13(7-5-12)14-8-15-11(3)16-9-14;3*1-10(2)12-4-6-13(7-5-12)14-15-8-11(3)9-16-14;1-11(2)12-6-8-13(9-7-12)14-5-3-4-10-15-14;1-10(2)11-4-6-12(7-5-11)13-14-8-3-9-15-13;1-10(2)11-3-5-12(6-4-11)13-9-14-7-8-15-13;1-6(2)7-4-3-5-8-7;1-5(2)6-7-3-4-8-6/h4*4-10H,1-3H3;3-11H,1-2H3;2*3-10H,1-2H3;3-6H,1-2H3;3-5H,1-2H3. The number of hydrogen-bond donors (Lipinski definition) is 0. The zero-order chi connectivity index (χ0) is 90.2. The van der Waals surface area contributed by atoms with Gasteiger partial charge in [0.15, 0.2) is 23.3 Å². The highest BCUT2D eigenvalue weighted by atomic mass is 32.1. The first-order chi connectivity index (χ1) is 60.1. The predicted octanol–water partition coefficient (Wildman–Crippen LogP) is 29.8. The molecule has 0 N–H and O–H groups in total. The van der Waals surface area contributed by atoms with Crippen LogP contribution in [0.3, 0.4) is 0 Å². The summed E-state index contributed by atoms with van der Waals surface area (Å²) in [5.41, 5.74) is 23.5. The fraction of sp³-hybridized carbons (Fsp3) is 0.284. The SMILES string of the molecule is CC(C)c1ccc(-c2ccccn2)cc1.CC(C)c1ccc(-c2cnccn2)cc1.CC(C)c1ccc(-c2ncccn2)cc1.CC(C)c1cccs1.CC(C)c1nccs1.Cc1cnc(-c2ccc(C(C)C)cc2)nc1.Cc1cnc(-c2ccc(C(C)C)cc2)nc1.Cc1cnc(-c2ccc(C(C)C)cc2)nc1.Cc1ncc(-c2ccc(C(C)C)cc2)cn1. The van der Waals surface area contributed by atoms with Gasteiger partial charge in [-0.25, -0.2) is 54.8 Å². The Morgan fingerprint density at radius 3 is 0.784 bits per heavy atom. The molecule has 0 unspecified atom stereocenters. The number of nitrogens with zero attached hydrogens (tertiary/aromatic N) is 14. The Labute approximate surface area is 753 Å². The van der Waals surface area contributed by atoms with Crippen LogP contribution in [-0.4, -0.2) is 69.8 Å². The van der Waals surface area contributed by atoms with Gasteiger partial charge >= 0.3 is 0 Å². The maximum absolute atomic E-state index is 4.32. The molecule has 0 aliphatic heterocycles. The highest BCUT2D eigenvalue weighted by Gasteiger charge is 2.11. The van der Waals surface area contributed by atoms with E-state index in [2.05, 4.69) is 382 Å². The fourth-order valence-electron chi connectivity index (χ4n) is 11.9. The summed E-state index contributed by atoms with van der Waals surface area (Å²) in [6.45, 7) is 47.3. The summed E-state index contributed by atoms with van der Waals surface area (Å²) in [5.74, 6) is 9.25. The molecule has 16 aromatic rings. The molecule has 9 heterocycles. The molecule has 644 valence electrons. The van der Waals surface area contributed by atoms with Crippen LogP contribution in [0.15, 0.2) is 310 Å². The van der Waals surface area contributed by atoms with Crippen molar-refractivity contribution < 1.29 is 0 Å². The van der Waals surface area contributed by atoms with Crippen LogP contribution in [0, 0.1) is 27.7 Å². The van der Waals surface area contributed by atoms with Crippen LogP contribution in [0.1, 0.15) is 249 Å². The van der Waals surface area contributed by atoms with Crippen molar-refractivity contribution >= 4 is 22.7 Å². The van der Waals surface area contributed by atoms with Gasteiger partial charge in [-0.2, -0.15) is 0 Å². The third-order valence-corrected chi connectivity index (χ3v) is 22.2. The largest absolute Gasteiger partial charge is 0.261 e. The van der Waals surface area contributed by atoms with E-state index in [1.54, 1.807) is 42.3 Å². The molecule has 7 aromatic carbocycles. The lowest BCUT2D eigenvalue weighted by atomic mass is 10.00. The Kier molecular flexibility index (Phi) is 40.4. The number of pyridine rings is 1. The van der Waals surface area contributed by atoms with E-state index in [-0.39, 0.29) is 0 Å². The molecule has 16 rings (SSSR count). The van der Waals surface area contributed by atoms with Crippen molar-refractivity contribution in [1.82, 2.24) is 69.8 Å². The van der Waals surface area contributed by atoms with Crippen molar-refractivity contribution in [2.24, 2.45) is 0 Å². The molecule has 0 saturated heterocycles. The van der Waals surface area contributed by atoms with E-state index in [0.717, 1.165) is 90.6 Å². The molecule has 0 amide bonds. The van der Waals surface area contributed by atoms with Crippen LogP contribution in [0.25, 0.3) is 79.2 Å². The Balaban J connectivity index is 0.000000176. The second-order valence-corrected chi connectivity index (χ2v) is 35.2. The molecule has 0 atom stereocenters. The number of benzene rings is 7. The second kappa shape index (κ2) is 51.6. The highest BCUT2D eigenvalue weighted by molar-refractivity contribution is 7.10. The summed E-state index contributed by atoms with van der Waals surface area (Å²) < 4.78 is 0. The molecule has 0 radical (unpaired) electrons. The van der Waals surface area contributed by atoms with Crippen molar-refractivity contribution in [3.63, 3.8) is 0 Å². The van der Waals surface area contributed by atoms with Gasteiger partial charge in [0, 0.05) is 142 Å². The molecular weight excluding hydrogens is 1570 g/mol. The van der Waals surface area contributed by atoms with E-state index in [4.69, 9.17) is 0 Å². The lowest BCUT2D eigenvalue weighted by Crippen LogP contribution is -1.91. The number of aryl methyl sites for hydroxylation is 4. The van der Waals surface area contributed by atoms with Crippen LogP contribution >= 0.6 is 22.7 Å². The zero-order valence-corrected chi connectivity index (χ0v) is 78.9. The maximum Gasteiger partial charge on any atom is 0.159 e. The summed E-state index contributed by atoms with van der Waals surface area (Å²) in [5, 5.41) is 5.36. The van der Waals surface area contributed by atoms with Gasteiger partial charge in [-0.05, 0) is 166 Å². The summed E-state index contributed by atoms with van der Waals surface area (Å²) >= 11 is 3.55. The Morgan fingerprint density at radius 2 is 0.520 bits per heavy atom. The summed E-state index contributed by atoms with van der Waals surface area (Å²) in [6, 6.07) is 71.6. The van der Waals surface area contributed by atoms with Gasteiger partial charge in [-0.3, -0.25) is 15.0 Å². The van der Waals surface area contributed by atoms with Gasteiger partial charge in [-0.15, -0.1) is 22.7 Å². The third-order valence-electron chi connectivity index (χ3n) is 20.0. The average Bonchev–Trinajstić information content (AvgIpc) is 1.44. The van der Waals surface area contributed by atoms with E-state index in [9.17, 15) is 0 Å². The minimum Gasteiger partial charge on any atom is -0.261 e. The van der Waals surface area contributed by atoms with Crippen molar-refractivity contribution in [2.75, 3.05) is 0 Å². The van der Waals surface area contributed by atoms with Crippen molar-refractivity contribution in [2.45, 2.75) is 206 Å². The predicted molar refractivity (Wildman–Crippen MR) is 527 cm³/mol. The van der Waals surface area contributed by atoms with Crippen LogP contribution < -0.4 is 0 Å². The van der Waals surface area contributed by atoms with E-state index in [1.165, 1.54) is 60.0 Å². The van der Waals surface area contributed by atoms with E-state index in [0.29, 0.717) is 53.3 Å². The number of thiophene rings is 1. The van der Waals surface area contributed by atoms with Gasteiger partial charge < -0.3 is 0 Å². The molecule has 16 heteroatoms. The lowest BCUT2D eigenvalue weighted by molar-refractivity contribution is 0.852. The highest BCUT2D eigenvalue weighted by Crippen LogP contribution is 2.29. The fourth-order valence-corrected chi connectivity index (χ4v) is 13.3. The van der Waals surface area contributed by atoms with E-state index in [1.807, 2.05) is 131 Å². The molecule has 0 saturated carbocycles. The topological polar surface area (TPSA) is 180 Å². The minimum absolute atomic E-state index is 0.563. The van der Waals surface area contributed by atoms with Gasteiger partial charge in [0.05, 0.1) is 22.6 Å². The second-order valence-electron chi connectivity index (χ2n) is 33.3. The smallest absolute Gasteiger partial charge is 0.159 e. The zero-order valence-electron chi connectivity index (χ0n) is 77.2. The Bertz CT molecular complexity index is 4950. The molecule has 125 heavy (non-hydrogen) atoms. The van der Waals surface area contributed by atoms with Gasteiger partial charge in [0.25, 0.3) is 0 Å². The van der Waals surface area contributed by atoms with E-state index >= 15 is 0 Å². The molecule has 0 bridgehead atoms. The number of aromatic nitrogens is 14. The number of hydrogen-bond acceptors (Lipinski definition) is 16. The lowest BCUT2D eigenvalue weighted by Gasteiger charge is -2.06. The minimum atomic E-state index is 0.563. The first-order valence-electron chi connectivity index (χ1n) is 43.3. The number of thiazole rings is 1. The molecular formula is C109H126N14S2. The van der Waals surface area contributed by atoms with Gasteiger partial charge in [-0.1, -0.05) is 307 Å². The first-order valence-corrected chi connectivity index (χ1v) is 45.1. The molecule has 0 aliphatic rings. The molecule has 9 aromatic heterocycles. The maximum atomic E-state index is 4.32. The number of rotatable bonds is 16. The van der Waals surface area contributed by atoms with Crippen molar-refractivity contribution in [3.8, 4) is 79.2 Å². The Morgan fingerprint density at radius 1 is 0.200 bits per heavy atom. The first kappa shape index (κ1) is 97.9. The quantitative estimate of drug-likeness (QED) is 0.0891. The van der Waals surface area contributed by atoms with Crippen LogP contribution in [0.2, 0.25) is 0 Å². The van der Waals surface area contributed by atoms with Crippen LogP contribution in [-0.2, 0) is 0 Å². The van der Waals surface area contributed by atoms with Gasteiger partial charge in [0.1, 0.15) is 5.82 Å².